The lowest BCUT2D eigenvalue weighted by Gasteiger charge is -2.50. The predicted molar refractivity (Wildman–Crippen MR) is 138 cm³/mol. The quantitative estimate of drug-likeness (QED) is 0.595. The molecular weight excluding hydrogens is 465 g/mol. The van der Waals surface area contributed by atoms with E-state index in [1.54, 1.807) is 0 Å². The van der Waals surface area contributed by atoms with Gasteiger partial charge in [0, 0.05) is 31.2 Å². The molecule has 2 aromatic carbocycles. The van der Waals surface area contributed by atoms with Gasteiger partial charge in [0.05, 0.1) is 33.5 Å². The van der Waals surface area contributed by atoms with Gasteiger partial charge in [-0.05, 0) is 63.8 Å². The number of benzene rings is 2. The van der Waals surface area contributed by atoms with Crippen molar-refractivity contribution in [2.24, 2.45) is 4.99 Å². The normalized spacial score (nSPS) is 19.5. The first-order chi connectivity index (χ1) is 15.3. The van der Waals surface area contributed by atoms with Crippen molar-refractivity contribution in [1.82, 2.24) is 9.80 Å². The summed E-state index contributed by atoms with van der Waals surface area (Å²) in [4.78, 5) is 12.1. The van der Waals surface area contributed by atoms with E-state index in [9.17, 15) is 0 Å². The zero-order valence-electron chi connectivity index (χ0n) is 18.8. The van der Waals surface area contributed by atoms with E-state index in [4.69, 9.17) is 39.8 Å². The van der Waals surface area contributed by atoms with Crippen LogP contribution in [0.4, 0.5) is 11.4 Å². The van der Waals surface area contributed by atoms with Gasteiger partial charge >= 0.3 is 0 Å². The number of anilines is 2. The van der Waals surface area contributed by atoms with Crippen LogP contribution in [-0.2, 0) is 6.54 Å². The van der Waals surface area contributed by atoms with Crippen LogP contribution >= 0.6 is 34.8 Å². The summed E-state index contributed by atoms with van der Waals surface area (Å²) in [6, 6.07) is 11.8. The molecule has 0 unspecified atom stereocenters. The molecule has 8 heteroatoms. The number of rotatable bonds is 5. The van der Waals surface area contributed by atoms with Crippen LogP contribution in [0.2, 0.25) is 15.1 Å². The van der Waals surface area contributed by atoms with Gasteiger partial charge in [-0.25, -0.2) is 0 Å². The first-order valence-corrected chi connectivity index (χ1v) is 12.1. The average Bonchev–Trinajstić information content (AvgIpc) is 2.74. The number of hydrogen-bond acceptors (Lipinski definition) is 4. The van der Waals surface area contributed by atoms with Gasteiger partial charge < -0.3 is 20.0 Å². The fraction of sp³-hybridized carbons (Fsp3) is 0.458. The first-order valence-electron chi connectivity index (χ1n) is 10.9. The Labute approximate surface area is 205 Å². The maximum atomic E-state index is 6.45. The molecule has 32 heavy (non-hydrogen) atoms. The Morgan fingerprint density at radius 2 is 1.78 bits per heavy atom. The van der Waals surface area contributed by atoms with Gasteiger partial charge in [-0.2, -0.15) is 0 Å². The van der Waals surface area contributed by atoms with Crippen LogP contribution in [-0.4, -0.2) is 68.5 Å². The van der Waals surface area contributed by atoms with E-state index in [0.29, 0.717) is 16.6 Å². The lowest BCUT2D eigenvalue weighted by atomic mass is 9.83. The van der Waals surface area contributed by atoms with Gasteiger partial charge in [0.2, 0.25) is 0 Å². The molecular formula is C24H30Cl3N5. The first kappa shape index (κ1) is 23.7. The molecule has 0 radical (unpaired) electrons. The summed E-state index contributed by atoms with van der Waals surface area (Å²) in [7, 11) is 6.35. The topological polar surface area (TPSA) is 34.1 Å². The van der Waals surface area contributed by atoms with Gasteiger partial charge in [-0.1, -0.05) is 46.9 Å². The number of likely N-dealkylation sites (N-methyl/N-ethyl adjacent to an activating group) is 1. The molecule has 1 spiro atoms. The number of nitrogens with zero attached hydrogens (tertiary/aromatic N) is 4. The highest BCUT2D eigenvalue weighted by molar-refractivity contribution is 6.42. The lowest BCUT2D eigenvalue weighted by molar-refractivity contribution is 0.238. The highest BCUT2D eigenvalue weighted by Crippen LogP contribution is 2.44. The average molecular weight is 495 g/mol. The fourth-order valence-electron chi connectivity index (χ4n) is 4.46. The zero-order chi connectivity index (χ0) is 22.9. The third-order valence-corrected chi connectivity index (χ3v) is 7.26. The second-order valence-corrected chi connectivity index (χ2v) is 10.3. The van der Waals surface area contributed by atoms with Gasteiger partial charge in [0.1, 0.15) is 5.84 Å². The minimum atomic E-state index is -0.248. The molecule has 2 heterocycles. The van der Waals surface area contributed by atoms with Crippen LogP contribution in [0.1, 0.15) is 18.4 Å². The van der Waals surface area contributed by atoms with E-state index in [-0.39, 0.29) is 5.54 Å². The second-order valence-electron chi connectivity index (χ2n) is 9.02. The summed E-state index contributed by atoms with van der Waals surface area (Å²) in [5.41, 5.74) is 2.89. The standard InChI is InChI=1S/C24H30Cl3N5/c1-30(2)11-12-32-22-15-20(27)19(26)14-21(22)29-24(7-9-31(3)10-8-24)23(32)28-16-17-5-4-6-18(25)13-17/h4-6,13-15,29H,7-12,16H2,1-3H3/b28-23+. The van der Waals surface area contributed by atoms with E-state index >= 15 is 0 Å². The van der Waals surface area contributed by atoms with E-state index < -0.39 is 0 Å². The Balaban J connectivity index is 1.80. The molecule has 0 saturated carbocycles. The van der Waals surface area contributed by atoms with Crippen LogP contribution in [0.3, 0.4) is 0 Å². The van der Waals surface area contributed by atoms with Crippen molar-refractivity contribution in [2.45, 2.75) is 24.9 Å². The molecule has 2 aliphatic heterocycles. The predicted octanol–water partition coefficient (Wildman–Crippen LogP) is 5.50. The number of aliphatic imine (C=N–C) groups is 1. The van der Waals surface area contributed by atoms with Crippen molar-refractivity contribution in [1.29, 1.82) is 0 Å². The Morgan fingerprint density at radius 3 is 2.47 bits per heavy atom. The van der Waals surface area contributed by atoms with Crippen LogP contribution in [0, 0.1) is 0 Å². The maximum Gasteiger partial charge on any atom is 0.130 e. The van der Waals surface area contributed by atoms with Crippen LogP contribution in [0.25, 0.3) is 0 Å². The molecule has 5 nitrogen and oxygen atoms in total. The van der Waals surface area contributed by atoms with Crippen LogP contribution < -0.4 is 10.2 Å². The molecule has 4 rings (SSSR count). The van der Waals surface area contributed by atoms with Gasteiger partial charge in [-0.15, -0.1) is 0 Å². The van der Waals surface area contributed by atoms with Crippen LogP contribution in [0.15, 0.2) is 41.4 Å². The molecule has 0 atom stereocenters. The Morgan fingerprint density at radius 1 is 1.06 bits per heavy atom. The Hall–Kier alpha value is -1.50. The summed E-state index contributed by atoms with van der Waals surface area (Å²) in [5, 5.41) is 5.68. The maximum absolute atomic E-state index is 6.45. The van der Waals surface area contributed by atoms with Crippen molar-refractivity contribution in [3.63, 3.8) is 0 Å². The number of amidine groups is 1. The lowest BCUT2D eigenvalue weighted by Crippen LogP contribution is -2.62. The highest BCUT2D eigenvalue weighted by Gasteiger charge is 2.45. The van der Waals surface area contributed by atoms with Gasteiger partial charge in [0.25, 0.3) is 0 Å². The molecule has 2 aromatic rings. The number of fused-ring (bicyclic) bond motifs is 1. The molecule has 0 bridgehead atoms. The largest absolute Gasteiger partial charge is 0.371 e. The number of likely N-dealkylation sites (tertiary alicyclic amines) is 1. The number of nitrogens with one attached hydrogen (secondary N) is 1. The minimum Gasteiger partial charge on any atom is -0.371 e. The molecule has 0 aromatic heterocycles. The molecule has 0 amide bonds. The summed E-state index contributed by atoms with van der Waals surface area (Å²) in [6.07, 6.45) is 1.94. The van der Waals surface area contributed by atoms with E-state index in [1.807, 2.05) is 30.3 Å². The van der Waals surface area contributed by atoms with Crippen molar-refractivity contribution < 1.29 is 0 Å². The van der Waals surface area contributed by atoms with Crippen LogP contribution in [0.5, 0.6) is 0 Å². The summed E-state index contributed by atoms with van der Waals surface area (Å²) in [5.74, 6) is 1.07. The van der Waals surface area contributed by atoms with Crippen molar-refractivity contribution in [2.75, 3.05) is 57.5 Å². The third-order valence-electron chi connectivity index (χ3n) is 6.30. The molecule has 1 fully saturated rings. The van der Waals surface area contributed by atoms with Crippen molar-refractivity contribution >= 4 is 52.0 Å². The molecule has 1 saturated heterocycles. The Bertz CT molecular complexity index is 999. The summed E-state index contributed by atoms with van der Waals surface area (Å²) >= 11 is 19.1. The summed E-state index contributed by atoms with van der Waals surface area (Å²) in [6.45, 7) is 4.28. The zero-order valence-corrected chi connectivity index (χ0v) is 21.1. The highest BCUT2D eigenvalue weighted by atomic mass is 35.5. The number of halogens is 3. The molecule has 1 N–H and O–H groups in total. The smallest absolute Gasteiger partial charge is 0.130 e. The molecule has 0 aliphatic carbocycles. The van der Waals surface area contributed by atoms with E-state index in [0.717, 1.165) is 66.8 Å². The minimum absolute atomic E-state index is 0.248. The van der Waals surface area contributed by atoms with Gasteiger partial charge in [-0.3, -0.25) is 4.99 Å². The number of hydrogen-bond donors (Lipinski definition) is 1. The molecule has 2 aliphatic rings. The van der Waals surface area contributed by atoms with Gasteiger partial charge in [0.15, 0.2) is 0 Å². The van der Waals surface area contributed by atoms with E-state index in [1.165, 1.54) is 0 Å². The van der Waals surface area contributed by atoms with Crippen molar-refractivity contribution in [3.8, 4) is 0 Å². The second kappa shape index (κ2) is 9.78. The monoisotopic (exact) mass is 493 g/mol. The third kappa shape index (κ3) is 5.02. The summed E-state index contributed by atoms with van der Waals surface area (Å²) < 4.78 is 0. The SMILES string of the molecule is CN(C)CCN1/C(=N/Cc2cccc(Cl)c2)C2(CCN(C)CC2)Nc2cc(Cl)c(Cl)cc21. The molecule has 172 valence electrons. The number of piperidine rings is 1. The Kier molecular flexibility index (Phi) is 7.23. The van der Waals surface area contributed by atoms with E-state index in [2.05, 4.69) is 47.2 Å². The fourth-order valence-corrected chi connectivity index (χ4v) is 4.99. The van der Waals surface area contributed by atoms with Crippen molar-refractivity contribution in [3.05, 3.63) is 57.0 Å².